The third-order valence-electron chi connectivity index (χ3n) is 1.32. The fraction of sp³-hybridized carbons (Fsp3) is 0.667. The molecule has 1 aliphatic carbocycles. The van der Waals surface area contributed by atoms with Gasteiger partial charge in [0, 0.05) is 11.9 Å². The van der Waals surface area contributed by atoms with Crippen molar-refractivity contribution in [3.05, 3.63) is 12.2 Å². The van der Waals surface area contributed by atoms with Crippen LogP contribution >= 0.6 is 15.9 Å². The Morgan fingerprint density at radius 1 is 1.75 bits per heavy atom. The first-order valence-electron chi connectivity index (χ1n) is 2.68. The fourth-order valence-electron chi connectivity index (χ4n) is 0.824. The van der Waals surface area contributed by atoms with Gasteiger partial charge in [-0.25, -0.2) is 0 Å². The standard InChI is InChI=1S/C6H9BrO/c1-8-6-4-2-3-5(6)7/h2,4-6H,3H2,1H3/t5-,6+/m0/s1. The van der Waals surface area contributed by atoms with Gasteiger partial charge in [0.05, 0.1) is 6.10 Å². The monoisotopic (exact) mass is 176 g/mol. The van der Waals surface area contributed by atoms with E-state index in [1.54, 1.807) is 7.11 Å². The molecule has 0 aromatic rings. The summed E-state index contributed by atoms with van der Waals surface area (Å²) in [4.78, 5) is 0.507. The molecule has 0 aromatic carbocycles. The number of hydrogen-bond acceptors (Lipinski definition) is 1. The first-order valence-corrected chi connectivity index (χ1v) is 3.59. The van der Waals surface area contributed by atoms with Gasteiger partial charge in [0.25, 0.3) is 0 Å². The van der Waals surface area contributed by atoms with Gasteiger partial charge in [-0.3, -0.25) is 0 Å². The van der Waals surface area contributed by atoms with E-state index in [1.165, 1.54) is 0 Å². The van der Waals surface area contributed by atoms with Gasteiger partial charge in [-0.1, -0.05) is 28.1 Å². The van der Waals surface area contributed by atoms with Crippen LogP contribution in [0.15, 0.2) is 12.2 Å². The second-order valence-electron chi connectivity index (χ2n) is 1.88. The summed E-state index contributed by atoms with van der Waals surface area (Å²) in [6, 6.07) is 0. The Kier molecular flexibility index (Phi) is 2.08. The van der Waals surface area contributed by atoms with Crippen LogP contribution in [0.4, 0.5) is 0 Å². The van der Waals surface area contributed by atoms with E-state index in [2.05, 4.69) is 28.1 Å². The third-order valence-corrected chi connectivity index (χ3v) is 2.21. The molecule has 0 radical (unpaired) electrons. The minimum absolute atomic E-state index is 0.301. The predicted molar refractivity (Wildman–Crippen MR) is 37.3 cm³/mol. The number of methoxy groups -OCH3 is 1. The SMILES string of the molecule is CO[C@@H]1C=CC[C@@H]1Br. The molecule has 0 N–H and O–H groups in total. The number of rotatable bonds is 1. The first-order chi connectivity index (χ1) is 3.84. The van der Waals surface area contributed by atoms with E-state index in [1.807, 2.05) is 0 Å². The average Bonchev–Trinajstić information content (AvgIpc) is 2.14. The highest BCUT2D eigenvalue weighted by Gasteiger charge is 2.18. The molecule has 0 fully saturated rings. The van der Waals surface area contributed by atoms with Crippen molar-refractivity contribution in [3.8, 4) is 0 Å². The van der Waals surface area contributed by atoms with Gasteiger partial charge in [0.15, 0.2) is 0 Å². The summed E-state index contributed by atoms with van der Waals surface area (Å²) in [5, 5.41) is 0. The highest BCUT2D eigenvalue weighted by molar-refractivity contribution is 9.09. The summed E-state index contributed by atoms with van der Waals surface area (Å²) in [7, 11) is 1.73. The summed E-state index contributed by atoms with van der Waals surface area (Å²) in [5.74, 6) is 0. The van der Waals surface area contributed by atoms with E-state index in [-0.39, 0.29) is 0 Å². The normalized spacial score (nSPS) is 36.2. The van der Waals surface area contributed by atoms with Gasteiger partial charge >= 0.3 is 0 Å². The summed E-state index contributed by atoms with van der Waals surface area (Å²) in [6.45, 7) is 0. The van der Waals surface area contributed by atoms with Crippen LogP contribution in [0.25, 0.3) is 0 Å². The second-order valence-corrected chi connectivity index (χ2v) is 3.06. The Bertz CT molecular complexity index is 101. The van der Waals surface area contributed by atoms with Gasteiger partial charge in [0.1, 0.15) is 0 Å². The highest BCUT2D eigenvalue weighted by Crippen LogP contribution is 2.20. The predicted octanol–water partition coefficient (Wildman–Crippen LogP) is 1.72. The van der Waals surface area contributed by atoms with Gasteiger partial charge in [0.2, 0.25) is 0 Å². The number of ether oxygens (including phenoxy) is 1. The van der Waals surface area contributed by atoms with Crippen molar-refractivity contribution >= 4 is 15.9 Å². The van der Waals surface area contributed by atoms with Crippen LogP contribution in [0.5, 0.6) is 0 Å². The first kappa shape index (κ1) is 6.30. The molecule has 1 nitrogen and oxygen atoms in total. The van der Waals surface area contributed by atoms with E-state index in [0.717, 1.165) is 6.42 Å². The molecule has 1 aliphatic rings. The maximum Gasteiger partial charge on any atom is 0.0879 e. The Balaban J connectivity index is 2.41. The Morgan fingerprint density at radius 3 is 2.75 bits per heavy atom. The molecule has 0 saturated heterocycles. The lowest BCUT2D eigenvalue weighted by molar-refractivity contribution is 0.146. The van der Waals surface area contributed by atoms with E-state index in [0.29, 0.717) is 10.9 Å². The van der Waals surface area contributed by atoms with Crippen LogP contribution in [0, 0.1) is 0 Å². The minimum atomic E-state index is 0.301. The molecule has 2 atom stereocenters. The number of allylic oxidation sites excluding steroid dienone is 1. The van der Waals surface area contributed by atoms with Crippen molar-refractivity contribution in [3.63, 3.8) is 0 Å². The Morgan fingerprint density at radius 2 is 2.50 bits per heavy atom. The molecule has 0 saturated carbocycles. The second kappa shape index (κ2) is 2.65. The molecule has 46 valence electrons. The van der Waals surface area contributed by atoms with Gasteiger partial charge in [-0.2, -0.15) is 0 Å². The van der Waals surface area contributed by atoms with E-state index < -0.39 is 0 Å². The zero-order valence-electron chi connectivity index (χ0n) is 4.80. The molecule has 0 spiro atoms. The number of halogens is 1. The van der Waals surface area contributed by atoms with E-state index >= 15 is 0 Å². The van der Waals surface area contributed by atoms with Crippen LogP contribution in [-0.2, 0) is 4.74 Å². The van der Waals surface area contributed by atoms with Crippen LogP contribution in [-0.4, -0.2) is 18.0 Å². The molecular formula is C6H9BrO. The van der Waals surface area contributed by atoms with E-state index in [4.69, 9.17) is 4.74 Å². The lowest BCUT2D eigenvalue weighted by atomic mass is 10.3. The molecular weight excluding hydrogens is 168 g/mol. The van der Waals surface area contributed by atoms with Crippen molar-refractivity contribution in [2.24, 2.45) is 0 Å². The summed E-state index contributed by atoms with van der Waals surface area (Å²) >= 11 is 3.48. The zero-order valence-corrected chi connectivity index (χ0v) is 6.39. The lowest BCUT2D eigenvalue weighted by Gasteiger charge is -2.09. The minimum Gasteiger partial charge on any atom is -0.376 e. The van der Waals surface area contributed by atoms with Crippen LogP contribution in [0.2, 0.25) is 0 Å². The zero-order chi connectivity index (χ0) is 5.98. The largest absolute Gasteiger partial charge is 0.376 e. The van der Waals surface area contributed by atoms with Crippen LogP contribution in [0.3, 0.4) is 0 Å². The van der Waals surface area contributed by atoms with Gasteiger partial charge in [-0.15, -0.1) is 0 Å². The van der Waals surface area contributed by atoms with Crippen molar-refractivity contribution in [1.29, 1.82) is 0 Å². The van der Waals surface area contributed by atoms with Gasteiger partial charge < -0.3 is 4.74 Å². The smallest absolute Gasteiger partial charge is 0.0879 e. The summed E-state index contributed by atoms with van der Waals surface area (Å²) in [5.41, 5.74) is 0. The van der Waals surface area contributed by atoms with Crippen LogP contribution in [0.1, 0.15) is 6.42 Å². The van der Waals surface area contributed by atoms with Crippen molar-refractivity contribution < 1.29 is 4.74 Å². The molecule has 0 heterocycles. The molecule has 8 heavy (non-hydrogen) atoms. The topological polar surface area (TPSA) is 9.23 Å². The molecule has 0 aliphatic heterocycles. The summed E-state index contributed by atoms with van der Waals surface area (Å²) < 4.78 is 5.09. The number of hydrogen-bond donors (Lipinski definition) is 0. The fourth-order valence-corrected chi connectivity index (χ4v) is 1.43. The van der Waals surface area contributed by atoms with Crippen LogP contribution < -0.4 is 0 Å². The quantitative estimate of drug-likeness (QED) is 0.437. The number of alkyl halides is 1. The summed E-state index contributed by atoms with van der Waals surface area (Å²) in [6.07, 6.45) is 5.61. The Hall–Kier alpha value is 0.180. The molecule has 0 unspecified atom stereocenters. The molecule has 0 amide bonds. The van der Waals surface area contributed by atoms with E-state index in [9.17, 15) is 0 Å². The maximum absolute atomic E-state index is 5.09. The Labute approximate surface area is 57.8 Å². The van der Waals surface area contributed by atoms with Crippen molar-refractivity contribution in [2.45, 2.75) is 17.4 Å². The molecule has 2 heteroatoms. The average molecular weight is 177 g/mol. The van der Waals surface area contributed by atoms with Crippen molar-refractivity contribution in [1.82, 2.24) is 0 Å². The molecule has 0 bridgehead atoms. The lowest BCUT2D eigenvalue weighted by Crippen LogP contribution is -2.14. The van der Waals surface area contributed by atoms with Gasteiger partial charge in [-0.05, 0) is 6.42 Å². The van der Waals surface area contributed by atoms with Crippen molar-refractivity contribution in [2.75, 3.05) is 7.11 Å². The maximum atomic E-state index is 5.09. The molecule has 1 rings (SSSR count). The highest BCUT2D eigenvalue weighted by atomic mass is 79.9. The third kappa shape index (κ3) is 1.12. The molecule has 0 aromatic heterocycles.